The van der Waals surface area contributed by atoms with Crippen LogP contribution in [0.4, 0.5) is 0 Å². The van der Waals surface area contributed by atoms with Crippen LogP contribution in [0, 0.1) is 0 Å². The number of carboxylic acids is 1. The molecule has 0 radical (unpaired) electrons. The fourth-order valence-electron chi connectivity index (χ4n) is 1.81. The molecule has 19 heavy (non-hydrogen) atoms. The summed E-state index contributed by atoms with van der Waals surface area (Å²) in [5.74, 6) is 0.0454. The predicted molar refractivity (Wildman–Crippen MR) is 75.5 cm³/mol. The van der Waals surface area contributed by atoms with Crippen LogP contribution in [-0.4, -0.2) is 35.7 Å². The van der Waals surface area contributed by atoms with E-state index in [1.807, 2.05) is 43.1 Å². The van der Waals surface area contributed by atoms with Crippen molar-refractivity contribution in [2.24, 2.45) is 0 Å². The monoisotopic (exact) mass is 265 g/mol. The molecule has 0 saturated heterocycles. The van der Waals surface area contributed by atoms with Crippen molar-refractivity contribution in [1.82, 2.24) is 4.90 Å². The van der Waals surface area contributed by atoms with Crippen LogP contribution < -0.4 is 4.74 Å². The Morgan fingerprint density at radius 3 is 2.37 bits per heavy atom. The molecule has 1 aromatic carbocycles. The molecule has 0 bridgehead atoms. The highest BCUT2D eigenvalue weighted by atomic mass is 16.5. The summed E-state index contributed by atoms with van der Waals surface area (Å²) in [5.41, 5.74) is 1.08. The summed E-state index contributed by atoms with van der Waals surface area (Å²) in [6, 6.07) is 7.38. The van der Waals surface area contributed by atoms with Gasteiger partial charge in [-0.1, -0.05) is 19.1 Å². The largest absolute Gasteiger partial charge is 0.494 e. The molecule has 1 N–H and O–H groups in total. The molecule has 2 atom stereocenters. The van der Waals surface area contributed by atoms with Crippen LogP contribution in [0.2, 0.25) is 0 Å². The van der Waals surface area contributed by atoms with E-state index in [4.69, 9.17) is 9.84 Å². The Kier molecular flexibility index (Phi) is 5.83. The van der Waals surface area contributed by atoms with Crippen LogP contribution >= 0.6 is 0 Å². The first kappa shape index (κ1) is 15.5. The van der Waals surface area contributed by atoms with Crippen molar-refractivity contribution >= 4 is 5.97 Å². The zero-order valence-corrected chi connectivity index (χ0v) is 12.1. The fraction of sp³-hybridized carbons (Fsp3) is 0.533. The van der Waals surface area contributed by atoms with Crippen LogP contribution in [0.1, 0.15) is 38.8 Å². The van der Waals surface area contributed by atoms with E-state index < -0.39 is 12.0 Å². The maximum Gasteiger partial charge on any atom is 0.320 e. The third-order valence-corrected chi connectivity index (χ3v) is 3.41. The first-order valence-corrected chi connectivity index (χ1v) is 6.64. The van der Waals surface area contributed by atoms with Gasteiger partial charge in [0.2, 0.25) is 0 Å². The molecule has 0 aliphatic heterocycles. The van der Waals surface area contributed by atoms with Crippen molar-refractivity contribution in [3.8, 4) is 5.75 Å². The first-order chi connectivity index (χ1) is 8.97. The average molecular weight is 265 g/mol. The van der Waals surface area contributed by atoms with Gasteiger partial charge in [-0.3, -0.25) is 9.69 Å². The molecular formula is C15H23NO3. The molecule has 0 aliphatic rings. The maximum atomic E-state index is 11.0. The minimum absolute atomic E-state index is 0.0475. The maximum absolute atomic E-state index is 11.0. The van der Waals surface area contributed by atoms with Crippen LogP contribution in [0.15, 0.2) is 24.3 Å². The summed E-state index contributed by atoms with van der Waals surface area (Å²) in [5, 5.41) is 9.03. The van der Waals surface area contributed by atoms with Crippen molar-refractivity contribution in [1.29, 1.82) is 0 Å². The number of hydrogen-bond donors (Lipinski definition) is 1. The molecule has 1 rings (SSSR count). The molecule has 2 unspecified atom stereocenters. The number of nitrogens with zero attached hydrogens (tertiary/aromatic N) is 1. The van der Waals surface area contributed by atoms with Crippen molar-refractivity contribution < 1.29 is 14.6 Å². The molecular weight excluding hydrogens is 242 g/mol. The summed E-state index contributed by atoms with van der Waals surface area (Å²) in [6.45, 7) is 6.47. The van der Waals surface area contributed by atoms with Crippen LogP contribution in [0.5, 0.6) is 5.75 Å². The smallest absolute Gasteiger partial charge is 0.320 e. The number of rotatable bonds is 7. The third-order valence-electron chi connectivity index (χ3n) is 3.41. The molecule has 1 aromatic rings. The highest BCUT2D eigenvalue weighted by molar-refractivity contribution is 5.72. The quantitative estimate of drug-likeness (QED) is 0.823. The number of ether oxygens (including phenoxy) is 1. The minimum atomic E-state index is -0.808. The van der Waals surface area contributed by atoms with E-state index >= 15 is 0 Å². The van der Waals surface area contributed by atoms with E-state index in [0.29, 0.717) is 6.61 Å². The lowest BCUT2D eigenvalue weighted by atomic mass is 10.1. The van der Waals surface area contributed by atoms with Crippen molar-refractivity contribution in [3.05, 3.63) is 29.8 Å². The summed E-state index contributed by atoms with van der Waals surface area (Å²) in [6.07, 6.45) is 0.983. The number of benzene rings is 1. The van der Waals surface area contributed by atoms with Crippen molar-refractivity contribution in [2.75, 3.05) is 13.7 Å². The van der Waals surface area contributed by atoms with Crippen LogP contribution in [0.3, 0.4) is 0 Å². The molecule has 0 spiro atoms. The zero-order valence-electron chi connectivity index (χ0n) is 12.1. The van der Waals surface area contributed by atoms with Gasteiger partial charge < -0.3 is 9.84 Å². The molecule has 0 aromatic heterocycles. The van der Waals surface area contributed by atoms with Gasteiger partial charge in [0.25, 0.3) is 0 Å². The second kappa shape index (κ2) is 7.14. The summed E-state index contributed by atoms with van der Waals surface area (Å²) < 4.78 is 5.53. The van der Waals surface area contributed by atoms with Crippen LogP contribution in [0.25, 0.3) is 0 Å². The Labute approximate surface area is 115 Å². The van der Waals surface area contributed by atoms with Gasteiger partial charge in [0.1, 0.15) is 11.8 Å². The van der Waals surface area contributed by atoms with E-state index in [-0.39, 0.29) is 6.04 Å². The van der Waals surface area contributed by atoms with Gasteiger partial charge in [-0.25, -0.2) is 0 Å². The summed E-state index contributed by atoms with van der Waals surface area (Å²) in [4.78, 5) is 12.8. The van der Waals surface area contributed by atoms with Gasteiger partial charge >= 0.3 is 5.97 Å². The molecule has 0 aliphatic carbocycles. The highest BCUT2D eigenvalue weighted by Crippen LogP contribution is 2.23. The van der Waals surface area contributed by atoms with Gasteiger partial charge in [0.05, 0.1) is 6.61 Å². The van der Waals surface area contributed by atoms with Crippen molar-refractivity contribution in [2.45, 2.75) is 39.3 Å². The Morgan fingerprint density at radius 1 is 1.32 bits per heavy atom. The van der Waals surface area contributed by atoms with Gasteiger partial charge in [-0.2, -0.15) is 0 Å². The topological polar surface area (TPSA) is 49.8 Å². The molecule has 0 heterocycles. The number of hydrogen-bond acceptors (Lipinski definition) is 3. The van der Waals surface area contributed by atoms with Gasteiger partial charge in [-0.15, -0.1) is 0 Å². The van der Waals surface area contributed by atoms with E-state index in [2.05, 4.69) is 6.92 Å². The second-order valence-electron chi connectivity index (χ2n) is 4.77. The second-order valence-corrected chi connectivity index (χ2v) is 4.77. The Hall–Kier alpha value is -1.55. The van der Waals surface area contributed by atoms with Gasteiger partial charge in [-0.05, 0) is 45.0 Å². The molecule has 0 fully saturated rings. The normalized spacial score (nSPS) is 14.2. The van der Waals surface area contributed by atoms with Gasteiger partial charge in [0, 0.05) is 6.04 Å². The minimum Gasteiger partial charge on any atom is -0.494 e. The molecule has 4 heteroatoms. The fourth-order valence-corrected chi connectivity index (χ4v) is 1.81. The van der Waals surface area contributed by atoms with Crippen LogP contribution in [-0.2, 0) is 4.79 Å². The number of carbonyl (C=O) groups is 1. The van der Waals surface area contributed by atoms with E-state index in [9.17, 15) is 4.79 Å². The summed E-state index contributed by atoms with van der Waals surface area (Å²) in [7, 11) is 1.82. The standard InChI is InChI=1S/C15H23NO3/c1-5-10-19-14-8-6-13(7-9-14)11(2)16(4)12(3)15(17)18/h6-9,11-12H,5,10H2,1-4H3,(H,17,18). The van der Waals surface area contributed by atoms with E-state index in [1.54, 1.807) is 6.92 Å². The SMILES string of the molecule is CCCOc1ccc(C(C)N(C)C(C)C(=O)O)cc1. The predicted octanol–water partition coefficient (Wildman–Crippen LogP) is 2.94. The number of likely N-dealkylation sites (N-methyl/N-ethyl adjacent to an activating group) is 1. The molecule has 106 valence electrons. The lowest BCUT2D eigenvalue weighted by molar-refractivity contribution is -0.142. The number of aliphatic carboxylic acids is 1. The Morgan fingerprint density at radius 2 is 1.89 bits per heavy atom. The lowest BCUT2D eigenvalue weighted by Crippen LogP contribution is -2.37. The zero-order chi connectivity index (χ0) is 14.4. The lowest BCUT2D eigenvalue weighted by Gasteiger charge is -2.28. The van der Waals surface area contributed by atoms with Gasteiger partial charge in [0.15, 0.2) is 0 Å². The van der Waals surface area contributed by atoms with E-state index in [0.717, 1.165) is 17.7 Å². The van der Waals surface area contributed by atoms with Crippen molar-refractivity contribution in [3.63, 3.8) is 0 Å². The highest BCUT2D eigenvalue weighted by Gasteiger charge is 2.22. The first-order valence-electron chi connectivity index (χ1n) is 6.64. The average Bonchev–Trinajstić information content (AvgIpc) is 2.43. The Balaban J connectivity index is 2.71. The summed E-state index contributed by atoms with van der Waals surface area (Å²) >= 11 is 0. The van der Waals surface area contributed by atoms with E-state index in [1.165, 1.54) is 0 Å². The molecule has 4 nitrogen and oxygen atoms in total. The third kappa shape index (κ3) is 4.24. The number of carboxylic acid groups (broad SMARTS) is 1. The molecule has 0 saturated carbocycles. The molecule has 0 amide bonds. The Bertz CT molecular complexity index is 402.